The van der Waals surface area contributed by atoms with Crippen molar-refractivity contribution in [3.05, 3.63) is 47.3 Å². The predicted molar refractivity (Wildman–Crippen MR) is 115 cm³/mol. The summed E-state index contributed by atoms with van der Waals surface area (Å²) in [5, 5.41) is 4.24. The standard InChI is InChI=1S/C20H28N4O3S2/c1-16-20(17(2)22(3)21-16)29(26,27)24-11-7-10-23(12-13-24)19(25)15-28-14-18-8-5-4-6-9-18/h4-6,8-9H,7,10-15H2,1-3H3. The van der Waals surface area contributed by atoms with Crippen molar-refractivity contribution >= 4 is 27.7 Å². The zero-order valence-corrected chi connectivity index (χ0v) is 18.8. The molecule has 3 rings (SSSR count). The van der Waals surface area contributed by atoms with E-state index in [9.17, 15) is 13.2 Å². The van der Waals surface area contributed by atoms with Crippen LogP contribution in [0.25, 0.3) is 0 Å². The van der Waals surface area contributed by atoms with Gasteiger partial charge in [0.25, 0.3) is 0 Å². The molecule has 0 spiro atoms. The molecule has 0 bridgehead atoms. The second kappa shape index (κ2) is 9.32. The second-order valence-corrected chi connectivity index (χ2v) is 10.1. The minimum Gasteiger partial charge on any atom is -0.341 e. The van der Waals surface area contributed by atoms with Gasteiger partial charge in [-0.2, -0.15) is 9.40 Å². The van der Waals surface area contributed by atoms with E-state index >= 15 is 0 Å². The Morgan fingerprint density at radius 2 is 1.83 bits per heavy atom. The molecule has 0 aliphatic carbocycles. The first-order chi connectivity index (χ1) is 13.8. The molecule has 29 heavy (non-hydrogen) atoms. The number of carbonyl (C=O) groups excluding carboxylic acids is 1. The number of aromatic nitrogens is 2. The third-order valence-electron chi connectivity index (χ3n) is 5.19. The number of thioether (sulfide) groups is 1. The molecular formula is C20H28N4O3S2. The fraction of sp³-hybridized carbons (Fsp3) is 0.500. The van der Waals surface area contributed by atoms with Gasteiger partial charge in [-0.1, -0.05) is 30.3 Å². The Bertz CT molecular complexity index is 958. The van der Waals surface area contributed by atoms with Crippen molar-refractivity contribution in [1.29, 1.82) is 0 Å². The van der Waals surface area contributed by atoms with Crippen molar-refractivity contribution in [3.8, 4) is 0 Å². The van der Waals surface area contributed by atoms with Crippen LogP contribution in [0.2, 0.25) is 0 Å². The Morgan fingerprint density at radius 1 is 1.10 bits per heavy atom. The van der Waals surface area contributed by atoms with Crippen molar-refractivity contribution in [2.24, 2.45) is 7.05 Å². The molecule has 2 aromatic rings. The van der Waals surface area contributed by atoms with E-state index in [4.69, 9.17) is 0 Å². The molecule has 1 fully saturated rings. The summed E-state index contributed by atoms with van der Waals surface area (Å²) in [6.07, 6.45) is 0.632. The number of carbonyl (C=O) groups is 1. The van der Waals surface area contributed by atoms with Gasteiger partial charge in [-0.05, 0) is 25.8 Å². The SMILES string of the molecule is Cc1nn(C)c(C)c1S(=O)(=O)N1CCCN(C(=O)CSCc2ccccc2)CC1. The van der Waals surface area contributed by atoms with Crippen molar-refractivity contribution in [3.63, 3.8) is 0 Å². The molecule has 1 aromatic heterocycles. The molecule has 7 nitrogen and oxygen atoms in total. The molecule has 0 radical (unpaired) electrons. The van der Waals surface area contributed by atoms with E-state index in [2.05, 4.69) is 17.2 Å². The number of nitrogens with zero attached hydrogens (tertiary/aromatic N) is 4. The van der Waals surface area contributed by atoms with Crippen molar-refractivity contribution in [2.45, 2.75) is 30.9 Å². The van der Waals surface area contributed by atoms with Gasteiger partial charge in [0.2, 0.25) is 15.9 Å². The fourth-order valence-corrected chi connectivity index (χ4v) is 6.32. The smallest absolute Gasteiger partial charge is 0.246 e. The summed E-state index contributed by atoms with van der Waals surface area (Å²) in [4.78, 5) is 14.7. The van der Waals surface area contributed by atoms with Gasteiger partial charge in [-0.3, -0.25) is 9.48 Å². The van der Waals surface area contributed by atoms with Gasteiger partial charge < -0.3 is 4.90 Å². The number of hydrogen-bond donors (Lipinski definition) is 0. The van der Waals surface area contributed by atoms with Crippen LogP contribution in [-0.4, -0.2) is 65.2 Å². The highest BCUT2D eigenvalue weighted by molar-refractivity contribution is 7.99. The highest BCUT2D eigenvalue weighted by Gasteiger charge is 2.32. The molecule has 1 aromatic carbocycles. The Hall–Kier alpha value is -1.84. The van der Waals surface area contributed by atoms with Crippen LogP contribution in [0.3, 0.4) is 0 Å². The number of rotatable bonds is 6. The number of benzene rings is 1. The van der Waals surface area contributed by atoms with Crippen molar-refractivity contribution < 1.29 is 13.2 Å². The first-order valence-electron chi connectivity index (χ1n) is 9.70. The van der Waals surface area contributed by atoms with Crippen LogP contribution in [0.5, 0.6) is 0 Å². The third-order valence-corrected chi connectivity index (χ3v) is 8.33. The molecule has 0 saturated carbocycles. The minimum atomic E-state index is -3.62. The summed E-state index contributed by atoms with van der Waals surface area (Å²) >= 11 is 1.59. The van der Waals surface area contributed by atoms with E-state index in [0.29, 0.717) is 49.7 Å². The van der Waals surface area contributed by atoms with Crippen molar-refractivity contribution in [1.82, 2.24) is 19.0 Å². The van der Waals surface area contributed by atoms with E-state index in [1.165, 1.54) is 9.87 Å². The molecule has 0 unspecified atom stereocenters. The minimum absolute atomic E-state index is 0.0684. The van der Waals surface area contributed by atoms with Crippen LogP contribution < -0.4 is 0 Å². The number of amides is 1. The maximum Gasteiger partial charge on any atom is 0.246 e. The van der Waals surface area contributed by atoms with Gasteiger partial charge in [0.1, 0.15) is 4.90 Å². The van der Waals surface area contributed by atoms with Crippen LogP contribution >= 0.6 is 11.8 Å². The molecule has 0 N–H and O–H groups in total. The fourth-order valence-electron chi connectivity index (χ4n) is 3.56. The average Bonchev–Trinajstić information content (AvgIpc) is 2.87. The molecule has 1 saturated heterocycles. The number of hydrogen-bond acceptors (Lipinski definition) is 5. The van der Waals surface area contributed by atoms with E-state index in [-0.39, 0.29) is 10.8 Å². The number of aryl methyl sites for hydroxylation is 2. The van der Waals surface area contributed by atoms with Crippen LogP contribution in [-0.2, 0) is 27.6 Å². The van der Waals surface area contributed by atoms with E-state index in [1.807, 2.05) is 18.2 Å². The van der Waals surface area contributed by atoms with Gasteiger partial charge in [0.05, 0.1) is 17.1 Å². The maximum atomic E-state index is 13.2. The highest BCUT2D eigenvalue weighted by atomic mass is 32.2. The van der Waals surface area contributed by atoms with Crippen LogP contribution in [0.15, 0.2) is 35.2 Å². The topological polar surface area (TPSA) is 75.5 Å². The highest BCUT2D eigenvalue weighted by Crippen LogP contribution is 2.24. The van der Waals surface area contributed by atoms with E-state index in [0.717, 1.165) is 5.75 Å². The summed E-state index contributed by atoms with van der Waals surface area (Å²) in [6, 6.07) is 10.1. The first-order valence-corrected chi connectivity index (χ1v) is 12.3. The monoisotopic (exact) mass is 436 g/mol. The Kier molecular flexibility index (Phi) is 7.02. The molecule has 1 aliphatic rings. The van der Waals surface area contributed by atoms with Crippen LogP contribution in [0.1, 0.15) is 23.4 Å². The molecule has 1 amide bonds. The lowest BCUT2D eigenvalue weighted by Gasteiger charge is -2.22. The third kappa shape index (κ3) is 5.02. The summed E-state index contributed by atoms with van der Waals surface area (Å²) in [6.45, 7) is 5.22. The van der Waals surface area contributed by atoms with Crippen molar-refractivity contribution in [2.75, 3.05) is 31.9 Å². The molecule has 9 heteroatoms. The summed E-state index contributed by atoms with van der Waals surface area (Å²) < 4.78 is 29.4. The quantitative estimate of drug-likeness (QED) is 0.694. The largest absolute Gasteiger partial charge is 0.341 e. The van der Waals surface area contributed by atoms with Gasteiger partial charge in [-0.25, -0.2) is 8.42 Å². The van der Waals surface area contributed by atoms with Gasteiger partial charge >= 0.3 is 0 Å². The van der Waals surface area contributed by atoms with Gasteiger partial charge in [0.15, 0.2) is 0 Å². The molecule has 1 aliphatic heterocycles. The summed E-state index contributed by atoms with van der Waals surface area (Å²) in [5.41, 5.74) is 2.34. The van der Waals surface area contributed by atoms with Gasteiger partial charge in [0, 0.05) is 39.0 Å². The average molecular weight is 437 g/mol. The Labute approximate surface area is 177 Å². The molecule has 0 atom stereocenters. The molecular weight excluding hydrogens is 408 g/mol. The lowest BCUT2D eigenvalue weighted by molar-refractivity contribution is -0.128. The maximum absolute atomic E-state index is 13.2. The normalized spacial score (nSPS) is 16.0. The first kappa shape index (κ1) is 21.9. The zero-order valence-electron chi connectivity index (χ0n) is 17.2. The Morgan fingerprint density at radius 3 is 2.48 bits per heavy atom. The van der Waals surface area contributed by atoms with Crippen LogP contribution in [0.4, 0.5) is 0 Å². The van der Waals surface area contributed by atoms with Gasteiger partial charge in [-0.15, -0.1) is 11.8 Å². The number of sulfonamides is 1. The zero-order chi connectivity index (χ0) is 21.0. The van der Waals surface area contributed by atoms with E-state index < -0.39 is 10.0 Å². The molecule has 2 heterocycles. The van der Waals surface area contributed by atoms with E-state index in [1.54, 1.807) is 42.2 Å². The Balaban J connectivity index is 1.59. The summed E-state index contributed by atoms with van der Waals surface area (Å²) in [7, 11) is -1.87. The lowest BCUT2D eigenvalue weighted by atomic mass is 10.2. The lowest BCUT2D eigenvalue weighted by Crippen LogP contribution is -2.38. The van der Waals surface area contributed by atoms with Crippen LogP contribution in [0, 0.1) is 13.8 Å². The summed E-state index contributed by atoms with van der Waals surface area (Å²) in [5.74, 6) is 1.27. The molecule has 158 valence electrons. The second-order valence-electron chi connectivity index (χ2n) is 7.24. The predicted octanol–water partition coefficient (Wildman–Crippen LogP) is 2.19.